The standard InChI is InChI=1S/C14H20ClN3O/c15-12-5-4-11(16)13(17-12)18-8-7-14(19)6-2-1-3-10(14)9-18/h4-5,10,19H,1-3,6-9,16H2. The molecule has 0 bridgehead atoms. The third-order valence-corrected chi connectivity index (χ3v) is 4.81. The third kappa shape index (κ3) is 2.39. The minimum Gasteiger partial charge on any atom is -0.396 e. The van der Waals surface area contributed by atoms with E-state index in [0.717, 1.165) is 44.6 Å². The Kier molecular flexibility index (Phi) is 3.31. The number of nitrogens with two attached hydrogens (primary N) is 1. The summed E-state index contributed by atoms with van der Waals surface area (Å²) in [4.78, 5) is 6.51. The van der Waals surface area contributed by atoms with Gasteiger partial charge < -0.3 is 15.7 Å². The zero-order chi connectivity index (χ0) is 13.5. The molecule has 0 radical (unpaired) electrons. The van der Waals surface area contributed by atoms with Crippen LogP contribution in [0.4, 0.5) is 11.5 Å². The van der Waals surface area contributed by atoms with E-state index in [0.29, 0.717) is 16.8 Å². The lowest BCUT2D eigenvalue weighted by atomic mass is 9.71. The summed E-state index contributed by atoms with van der Waals surface area (Å²) >= 11 is 5.96. The normalized spacial score (nSPS) is 31.1. The molecule has 2 aliphatic rings. The van der Waals surface area contributed by atoms with Gasteiger partial charge in [0.1, 0.15) is 5.15 Å². The van der Waals surface area contributed by atoms with E-state index >= 15 is 0 Å². The Balaban J connectivity index is 1.82. The van der Waals surface area contributed by atoms with Crippen LogP contribution in [-0.2, 0) is 0 Å². The number of halogens is 1. The molecule has 0 aromatic carbocycles. The van der Waals surface area contributed by atoms with E-state index in [9.17, 15) is 5.11 Å². The van der Waals surface area contributed by atoms with Crippen LogP contribution in [0.25, 0.3) is 0 Å². The average Bonchev–Trinajstić information content (AvgIpc) is 2.40. The number of pyridine rings is 1. The van der Waals surface area contributed by atoms with Crippen molar-refractivity contribution in [3.05, 3.63) is 17.3 Å². The highest BCUT2D eigenvalue weighted by atomic mass is 35.5. The number of aliphatic hydroxyl groups is 1. The van der Waals surface area contributed by atoms with E-state index in [1.807, 2.05) is 0 Å². The third-order valence-electron chi connectivity index (χ3n) is 4.60. The zero-order valence-corrected chi connectivity index (χ0v) is 11.7. The first-order chi connectivity index (χ1) is 9.08. The molecule has 3 rings (SSSR count). The Bertz CT molecular complexity index is 482. The summed E-state index contributed by atoms with van der Waals surface area (Å²) < 4.78 is 0. The summed E-state index contributed by atoms with van der Waals surface area (Å²) in [6.45, 7) is 1.62. The molecule has 1 aromatic heterocycles. The molecular weight excluding hydrogens is 262 g/mol. The first-order valence-electron chi connectivity index (χ1n) is 6.98. The van der Waals surface area contributed by atoms with Gasteiger partial charge in [-0.2, -0.15) is 0 Å². The maximum atomic E-state index is 10.7. The molecule has 2 atom stereocenters. The minimum atomic E-state index is -0.470. The van der Waals surface area contributed by atoms with Gasteiger partial charge in [0.2, 0.25) is 0 Å². The van der Waals surface area contributed by atoms with E-state index < -0.39 is 5.60 Å². The van der Waals surface area contributed by atoms with Gasteiger partial charge in [0.05, 0.1) is 11.3 Å². The van der Waals surface area contributed by atoms with E-state index in [4.69, 9.17) is 17.3 Å². The number of hydrogen-bond donors (Lipinski definition) is 2. The topological polar surface area (TPSA) is 62.4 Å². The Morgan fingerprint density at radius 2 is 2.21 bits per heavy atom. The molecule has 104 valence electrons. The number of anilines is 2. The predicted octanol–water partition coefficient (Wildman–Crippen LogP) is 2.45. The molecule has 19 heavy (non-hydrogen) atoms. The van der Waals surface area contributed by atoms with Gasteiger partial charge in [0.15, 0.2) is 5.82 Å². The fraction of sp³-hybridized carbons (Fsp3) is 0.643. The smallest absolute Gasteiger partial charge is 0.153 e. The molecule has 0 spiro atoms. The summed E-state index contributed by atoms with van der Waals surface area (Å²) in [5, 5.41) is 11.1. The summed E-state index contributed by atoms with van der Waals surface area (Å²) in [6.07, 6.45) is 5.17. The van der Waals surface area contributed by atoms with Crippen LogP contribution in [-0.4, -0.2) is 28.8 Å². The molecule has 4 nitrogen and oxygen atoms in total. The lowest BCUT2D eigenvalue weighted by Crippen LogP contribution is -2.53. The van der Waals surface area contributed by atoms with Crippen molar-refractivity contribution in [2.75, 3.05) is 23.7 Å². The van der Waals surface area contributed by atoms with Gasteiger partial charge in [-0.3, -0.25) is 0 Å². The first kappa shape index (κ1) is 13.0. The first-order valence-corrected chi connectivity index (χ1v) is 7.36. The average molecular weight is 282 g/mol. The van der Waals surface area contributed by atoms with Gasteiger partial charge in [0.25, 0.3) is 0 Å². The molecule has 1 aliphatic carbocycles. The Labute approximate surface area is 118 Å². The number of fused-ring (bicyclic) bond motifs is 1. The lowest BCUT2D eigenvalue weighted by Gasteiger charge is -2.47. The van der Waals surface area contributed by atoms with Crippen molar-refractivity contribution in [2.45, 2.75) is 37.7 Å². The second kappa shape index (κ2) is 4.84. The highest BCUT2D eigenvalue weighted by molar-refractivity contribution is 6.29. The van der Waals surface area contributed by atoms with Crippen molar-refractivity contribution in [1.82, 2.24) is 4.98 Å². The van der Waals surface area contributed by atoms with Crippen LogP contribution in [0.3, 0.4) is 0 Å². The largest absolute Gasteiger partial charge is 0.396 e. The molecule has 5 heteroatoms. The van der Waals surface area contributed by atoms with E-state index in [1.165, 1.54) is 6.42 Å². The second-order valence-electron chi connectivity index (χ2n) is 5.79. The Morgan fingerprint density at radius 3 is 3.05 bits per heavy atom. The Morgan fingerprint density at radius 1 is 1.37 bits per heavy atom. The fourth-order valence-electron chi connectivity index (χ4n) is 3.45. The maximum Gasteiger partial charge on any atom is 0.153 e. The molecule has 2 unspecified atom stereocenters. The van der Waals surface area contributed by atoms with Crippen LogP contribution in [0, 0.1) is 5.92 Å². The maximum absolute atomic E-state index is 10.7. The molecule has 1 aromatic rings. The van der Waals surface area contributed by atoms with Crippen molar-refractivity contribution >= 4 is 23.1 Å². The van der Waals surface area contributed by atoms with Crippen molar-refractivity contribution in [1.29, 1.82) is 0 Å². The summed E-state index contributed by atoms with van der Waals surface area (Å²) in [5.41, 5.74) is 6.18. The van der Waals surface area contributed by atoms with Crippen LogP contribution in [0.2, 0.25) is 5.15 Å². The molecule has 1 aliphatic heterocycles. The van der Waals surface area contributed by atoms with Gasteiger partial charge in [-0.05, 0) is 31.4 Å². The number of piperidine rings is 1. The van der Waals surface area contributed by atoms with E-state index in [-0.39, 0.29) is 0 Å². The molecular formula is C14H20ClN3O. The zero-order valence-electron chi connectivity index (χ0n) is 11.0. The van der Waals surface area contributed by atoms with Crippen molar-refractivity contribution in [2.24, 2.45) is 5.92 Å². The predicted molar refractivity (Wildman–Crippen MR) is 77.4 cm³/mol. The SMILES string of the molecule is Nc1ccc(Cl)nc1N1CCC2(O)CCCCC2C1. The van der Waals surface area contributed by atoms with Crippen molar-refractivity contribution in [3.63, 3.8) is 0 Å². The molecule has 1 saturated heterocycles. The van der Waals surface area contributed by atoms with Gasteiger partial charge in [-0.25, -0.2) is 4.98 Å². The lowest BCUT2D eigenvalue weighted by molar-refractivity contribution is -0.0613. The van der Waals surface area contributed by atoms with Gasteiger partial charge >= 0.3 is 0 Å². The number of nitrogen functional groups attached to an aromatic ring is 1. The molecule has 2 fully saturated rings. The van der Waals surface area contributed by atoms with Gasteiger partial charge in [0, 0.05) is 19.0 Å². The second-order valence-corrected chi connectivity index (χ2v) is 6.18. The minimum absolute atomic E-state index is 0.329. The van der Waals surface area contributed by atoms with Crippen LogP contribution >= 0.6 is 11.6 Å². The Hall–Kier alpha value is -1.00. The number of hydrogen-bond acceptors (Lipinski definition) is 4. The molecule has 1 saturated carbocycles. The van der Waals surface area contributed by atoms with Crippen molar-refractivity contribution in [3.8, 4) is 0 Å². The van der Waals surface area contributed by atoms with Crippen molar-refractivity contribution < 1.29 is 5.11 Å². The summed E-state index contributed by atoms with van der Waals surface area (Å²) in [6, 6.07) is 3.51. The monoisotopic (exact) mass is 281 g/mol. The van der Waals surface area contributed by atoms with E-state index in [2.05, 4.69) is 9.88 Å². The molecule has 0 amide bonds. The number of aromatic nitrogens is 1. The number of rotatable bonds is 1. The highest BCUT2D eigenvalue weighted by Gasteiger charge is 2.43. The molecule has 2 heterocycles. The van der Waals surface area contributed by atoms with Gasteiger partial charge in [-0.1, -0.05) is 24.4 Å². The van der Waals surface area contributed by atoms with Gasteiger partial charge in [-0.15, -0.1) is 0 Å². The summed E-state index contributed by atoms with van der Waals surface area (Å²) in [7, 11) is 0. The number of nitrogens with zero attached hydrogens (tertiary/aromatic N) is 2. The van der Waals surface area contributed by atoms with Crippen LogP contribution < -0.4 is 10.6 Å². The quantitative estimate of drug-likeness (QED) is 0.776. The van der Waals surface area contributed by atoms with Crippen LogP contribution in [0.1, 0.15) is 32.1 Å². The van der Waals surface area contributed by atoms with E-state index in [1.54, 1.807) is 12.1 Å². The van der Waals surface area contributed by atoms with Crippen LogP contribution in [0.5, 0.6) is 0 Å². The fourth-order valence-corrected chi connectivity index (χ4v) is 3.60. The molecule has 3 N–H and O–H groups in total. The highest BCUT2D eigenvalue weighted by Crippen LogP contribution is 2.41. The van der Waals surface area contributed by atoms with Crippen LogP contribution in [0.15, 0.2) is 12.1 Å². The summed E-state index contributed by atoms with van der Waals surface area (Å²) in [5.74, 6) is 1.09.